The molecule has 0 saturated carbocycles. The maximum Gasteiger partial charge on any atom is 0.340 e. The SMILES string of the molecule is CCCCNc1ccccc1C(=O)OCC(=O)Nc1ccccc1OC. The van der Waals surface area contributed by atoms with Gasteiger partial charge in [0.05, 0.1) is 18.4 Å². The number of ether oxygens (including phenoxy) is 2. The molecule has 2 aromatic carbocycles. The molecule has 0 heterocycles. The molecule has 1 amide bonds. The highest BCUT2D eigenvalue weighted by molar-refractivity contribution is 5.98. The number of nitrogens with one attached hydrogen (secondary N) is 2. The van der Waals surface area contributed by atoms with Crippen LogP contribution in [-0.2, 0) is 9.53 Å². The van der Waals surface area contributed by atoms with Crippen LogP contribution in [0.5, 0.6) is 5.75 Å². The summed E-state index contributed by atoms with van der Waals surface area (Å²) in [7, 11) is 1.52. The van der Waals surface area contributed by atoms with Crippen molar-refractivity contribution in [2.75, 3.05) is 30.9 Å². The molecule has 0 aliphatic rings. The van der Waals surface area contributed by atoms with Crippen LogP contribution in [0.3, 0.4) is 0 Å². The van der Waals surface area contributed by atoms with Crippen LogP contribution in [0.4, 0.5) is 11.4 Å². The third kappa shape index (κ3) is 5.51. The number of amides is 1. The number of benzene rings is 2. The van der Waals surface area contributed by atoms with Gasteiger partial charge in [0.25, 0.3) is 5.91 Å². The van der Waals surface area contributed by atoms with Gasteiger partial charge in [0, 0.05) is 12.2 Å². The van der Waals surface area contributed by atoms with E-state index in [4.69, 9.17) is 9.47 Å². The second-order valence-electron chi connectivity index (χ2n) is 5.65. The Balaban J connectivity index is 1.93. The molecule has 6 heteroatoms. The van der Waals surface area contributed by atoms with E-state index in [1.807, 2.05) is 12.1 Å². The Labute approximate surface area is 153 Å². The summed E-state index contributed by atoms with van der Waals surface area (Å²) in [6.07, 6.45) is 2.06. The van der Waals surface area contributed by atoms with Crippen LogP contribution in [-0.4, -0.2) is 32.1 Å². The van der Waals surface area contributed by atoms with Gasteiger partial charge in [-0.2, -0.15) is 0 Å². The Morgan fingerprint density at radius 1 is 1.00 bits per heavy atom. The maximum absolute atomic E-state index is 12.3. The number of carbonyl (C=O) groups is 2. The van der Waals surface area contributed by atoms with E-state index in [1.54, 1.807) is 36.4 Å². The number of hydrogen-bond donors (Lipinski definition) is 2. The predicted molar refractivity (Wildman–Crippen MR) is 102 cm³/mol. The maximum atomic E-state index is 12.3. The quantitative estimate of drug-likeness (QED) is 0.529. The van der Waals surface area contributed by atoms with Crippen molar-refractivity contribution in [1.82, 2.24) is 0 Å². The van der Waals surface area contributed by atoms with E-state index in [0.29, 0.717) is 22.7 Å². The van der Waals surface area contributed by atoms with Crippen LogP contribution >= 0.6 is 0 Å². The Morgan fingerprint density at radius 2 is 1.69 bits per heavy atom. The molecule has 0 aliphatic heterocycles. The summed E-state index contributed by atoms with van der Waals surface area (Å²) >= 11 is 0. The molecule has 0 spiro atoms. The Bertz CT molecular complexity index is 746. The molecule has 0 fully saturated rings. The van der Waals surface area contributed by atoms with Gasteiger partial charge >= 0.3 is 5.97 Å². The first-order valence-electron chi connectivity index (χ1n) is 8.58. The fourth-order valence-corrected chi connectivity index (χ4v) is 2.36. The fraction of sp³-hybridized carbons (Fsp3) is 0.300. The molecule has 6 nitrogen and oxygen atoms in total. The zero-order valence-electron chi connectivity index (χ0n) is 15.1. The average molecular weight is 356 g/mol. The average Bonchev–Trinajstić information content (AvgIpc) is 2.67. The molecule has 0 saturated heterocycles. The van der Waals surface area contributed by atoms with E-state index in [1.165, 1.54) is 7.11 Å². The molecule has 2 aromatic rings. The van der Waals surface area contributed by atoms with Crippen molar-refractivity contribution >= 4 is 23.3 Å². The highest BCUT2D eigenvalue weighted by atomic mass is 16.5. The molecule has 0 atom stereocenters. The standard InChI is InChI=1S/C20H24N2O4/c1-3-4-13-21-16-10-6-5-9-15(16)20(24)26-14-19(23)22-17-11-7-8-12-18(17)25-2/h5-12,21H,3-4,13-14H2,1-2H3,(H,22,23). The van der Waals surface area contributed by atoms with Crippen LogP contribution in [0.15, 0.2) is 48.5 Å². The van der Waals surface area contributed by atoms with Crippen LogP contribution < -0.4 is 15.4 Å². The number of carbonyl (C=O) groups excluding carboxylic acids is 2. The summed E-state index contributed by atoms with van der Waals surface area (Å²) < 4.78 is 10.3. The summed E-state index contributed by atoms with van der Waals surface area (Å²) in [6.45, 7) is 2.50. The summed E-state index contributed by atoms with van der Waals surface area (Å²) in [4.78, 5) is 24.4. The van der Waals surface area contributed by atoms with Gasteiger partial charge in [-0.15, -0.1) is 0 Å². The van der Waals surface area contributed by atoms with Crippen LogP contribution in [0.2, 0.25) is 0 Å². The highest BCUT2D eigenvalue weighted by Crippen LogP contribution is 2.23. The lowest BCUT2D eigenvalue weighted by molar-refractivity contribution is -0.119. The molecule has 138 valence electrons. The molecule has 2 N–H and O–H groups in total. The highest BCUT2D eigenvalue weighted by Gasteiger charge is 2.15. The van der Waals surface area contributed by atoms with Gasteiger partial charge in [0.1, 0.15) is 5.75 Å². The van der Waals surface area contributed by atoms with Crippen molar-refractivity contribution in [1.29, 1.82) is 0 Å². The van der Waals surface area contributed by atoms with Gasteiger partial charge in [-0.25, -0.2) is 4.79 Å². The fourth-order valence-electron chi connectivity index (χ4n) is 2.36. The zero-order chi connectivity index (χ0) is 18.8. The number of esters is 1. The second-order valence-corrected chi connectivity index (χ2v) is 5.65. The first-order chi connectivity index (χ1) is 12.7. The van der Waals surface area contributed by atoms with Crippen molar-refractivity contribution < 1.29 is 19.1 Å². The Hall–Kier alpha value is -3.02. The lowest BCUT2D eigenvalue weighted by Gasteiger charge is -2.12. The summed E-state index contributed by atoms with van der Waals surface area (Å²) in [5, 5.41) is 5.89. The first kappa shape index (κ1) is 19.3. The van der Waals surface area contributed by atoms with E-state index in [2.05, 4.69) is 17.6 Å². The number of anilines is 2. The molecular weight excluding hydrogens is 332 g/mol. The van der Waals surface area contributed by atoms with Gasteiger partial charge in [-0.1, -0.05) is 37.6 Å². The number of para-hydroxylation sites is 3. The molecule has 2 rings (SSSR count). The van der Waals surface area contributed by atoms with E-state index in [9.17, 15) is 9.59 Å². The van der Waals surface area contributed by atoms with Gasteiger partial charge in [0.15, 0.2) is 6.61 Å². The molecule has 0 unspecified atom stereocenters. The molecule has 0 aliphatic carbocycles. The van der Waals surface area contributed by atoms with Crippen LogP contribution in [0.25, 0.3) is 0 Å². The van der Waals surface area contributed by atoms with Gasteiger partial charge in [-0.3, -0.25) is 4.79 Å². The Morgan fingerprint density at radius 3 is 2.42 bits per heavy atom. The van der Waals surface area contributed by atoms with E-state index < -0.39 is 11.9 Å². The number of methoxy groups -OCH3 is 1. The van der Waals surface area contributed by atoms with Crippen molar-refractivity contribution in [3.63, 3.8) is 0 Å². The number of rotatable bonds is 9. The van der Waals surface area contributed by atoms with Crippen molar-refractivity contribution in [3.8, 4) is 5.75 Å². The zero-order valence-corrected chi connectivity index (χ0v) is 15.1. The van der Waals surface area contributed by atoms with E-state index in [-0.39, 0.29) is 6.61 Å². The third-order valence-electron chi connectivity index (χ3n) is 3.71. The normalized spacial score (nSPS) is 10.1. The number of unbranched alkanes of at least 4 members (excludes halogenated alkanes) is 1. The van der Waals surface area contributed by atoms with Gasteiger partial charge in [0.2, 0.25) is 0 Å². The lowest BCUT2D eigenvalue weighted by atomic mass is 10.1. The predicted octanol–water partition coefficient (Wildman–Crippen LogP) is 3.70. The van der Waals surface area contributed by atoms with E-state index >= 15 is 0 Å². The molecule has 0 aromatic heterocycles. The second kappa shape index (κ2) is 10.1. The van der Waals surface area contributed by atoms with Crippen LogP contribution in [0, 0.1) is 0 Å². The van der Waals surface area contributed by atoms with Crippen molar-refractivity contribution in [2.24, 2.45) is 0 Å². The lowest BCUT2D eigenvalue weighted by Crippen LogP contribution is -2.21. The van der Waals surface area contributed by atoms with Crippen molar-refractivity contribution in [2.45, 2.75) is 19.8 Å². The monoisotopic (exact) mass is 356 g/mol. The van der Waals surface area contributed by atoms with Gasteiger partial charge < -0.3 is 20.1 Å². The smallest absolute Gasteiger partial charge is 0.340 e. The first-order valence-corrected chi connectivity index (χ1v) is 8.58. The largest absolute Gasteiger partial charge is 0.495 e. The van der Waals surface area contributed by atoms with Crippen molar-refractivity contribution in [3.05, 3.63) is 54.1 Å². The van der Waals surface area contributed by atoms with Gasteiger partial charge in [-0.05, 0) is 30.7 Å². The minimum absolute atomic E-state index is 0.375. The molecule has 0 bridgehead atoms. The summed E-state index contributed by atoms with van der Waals surface area (Å²) in [6, 6.07) is 14.1. The minimum atomic E-state index is -0.542. The Kier molecular flexibility index (Phi) is 7.49. The third-order valence-corrected chi connectivity index (χ3v) is 3.71. The van der Waals surface area contributed by atoms with E-state index in [0.717, 1.165) is 19.4 Å². The minimum Gasteiger partial charge on any atom is -0.495 e. The molecular formula is C20H24N2O4. The summed E-state index contributed by atoms with van der Waals surface area (Å²) in [5.74, 6) is -0.434. The topological polar surface area (TPSA) is 76.7 Å². The van der Waals surface area contributed by atoms with Crippen LogP contribution in [0.1, 0.15) is 30.1 Å². The number of hydrogen-bond acceptors (Lipinski definition) is 5. The molecule has 0 radical (unpaired) electrons. The molecule has 26 heavy (non-hydrogen) atoms. The summed E-state index contributed by atoms with van der Waals surface area (Å²) in [5.41, 5.74) is 1.64.